The van der Waals surface area contributed by atoms with E-state index in [0.717, 1.165) is 19.6 Å². The molecule has 1 aromatic carbocycles. The number of benzene rings is 1. The van der Waals surface area contributed by atoms with Crippen LogP contribution in [0.25, 0.3) is 5.69 Å². The highest BCUT2D eigenvalue weighted by Crippen LogP contribution is 2.20. The smallest absolute Gasteiger partial charge is 0.276 e. The Morgan fingerprint density at radius 2 is 2.00 bits per heavy atom. The van der Waals surface area contributed by atoms with Crippen molar-refractivity contribution in [2.45, 2.75) is 13.5 Å². The number of thiophene rings is 1. The van der Waals surface area contributed by atoms with Gasteiger partial charge in [-0.25, -0.2) is 4.68 Å². The van der Waals surface area contributed by atoms with E-state index >= 15 is 0 Å². The van der Waals surface area contributed by atoms with Gasteiger partial charge >= 0.3 is 0 Å². The molecule has 3 heterocycles. The quantitative estimate of drug-likeness (QED) is 0.472. The summed E-state index contributed by atoms with van der Waals surface area (Å²) in [6, 6.07) is 10.3. The van der Waals surface area contributed by atoms with E-state index in [1.165, 1.54) is 21.7 Å². The summed E-state index contributed by atoms with van der Waals surface area (Å²) in [5, 5.41) is 21.2. The first kappa shape index (κ1) is 19.2. The molecule has 0 atom stereocenters. The Morgan fingerprint density at radius 1 is 1.21 bits per heavy atom. The van der Waals surface area contributed by atoms with Gasteiger partial charge in [0.25, 0.3) is 11.6 Å². The molecule has 150 valence electrons. The van der Waals surface area contributed by atoms with Crippen molar-refractivity contribution in [3.05, 3.63) is 68.2 Å². The van der Waals surface area contributed by atoms with E-state index in [1.807, 2.05) is 6.07 Å². The second-order valence-electron chi connectivity index (χ2n) is 6.86. The SMILES string of the molecule is Cc1c(C(=O)N2CCN(Cc3cccs3)CC2)nnn1-c1cccc([N+](=O)[O-])c1. The molecule has 1 saturated heterocycles. The first-order valence-corrected chi connectivity index (χ1v) is 10.1. The summed E-state index contributed by atoms with van der Waals surface area (Å²) in [5.41, 5.74) is 1.32. The van der Waals surface area contributed by atoms with E-state index in [-0.39, 0.29) is 17.3 Å². The van der Waals surface area contributed by atoms with Gasteiger partial charge in [-0.2, -0.15) is 0 Å². The molecule has 0 saturated carbocycles. The summed E-state index contributed by atoms with van der Waals surface area (Å²) < 4.78 is 1.47. The fourth-order valence-electron chi connectivity index (χ4n) is 3.39. The molecule has 2 aromatic heterocycles. The molecule has 0 bridgehead atoms. The van der Waals surface area contributed by atoms with Gasteiger partial charge in [-0.3, -0.25) is 19.8 Å². The van der Waals surface area contributed by atoms with Crippen molar-refractivity contribution < 1.29 is 9.72 Å². The number of carbonyl (C=O) groups excluding carboxylic acids is 1. The highest BCUT2D eigenvalue weighted by atomic mass is 32.1. The lowest BCUT2D eigenvalue weighted by atomic mass is 10.2. The monoisotopic (exact) mass is 412 g/mol. The number of nitro benzene ring substituents is 1. The van der Waals surface area contributed by atoms with Crippen molar-refractivity contribution in [3.8, 4) is 5.69 Å². The molecule has 10 heteroatoms. The van der Waals surface area contributed by atoms with Crippen LogP contribution in [0.2, 0.25) is 0 Å². The molecule has 0 aliphatic carbocycles. The van der Waals surface area contributed by atoms with E-state index < -0.39 is 4.92 Å². The summed E-state index contributed by atoms with van der Waals surface area (Å²) in [6.45, 7) is 5.53. The van der Waals surface area contributed by atoms with Gasteiger partial charge in [0, 0.05) is 49.7 Å². The molecule has 0 N–H and O–H groups in total. The Morgan fingerprint density at radius 3 is 2.69 bits per heavy atom. The van der Waals surface area contributed by atoms with Crippen molar-refractivity contribution in [2.24, 2.45) is 0 Å². The molecule has 9 nitrogen and oxygen atoms in total. The predicted octanol–water partition coefficient (Wildman–Crippen LogP) is 2.50. The third kappa shape index (κ3) is 4.03. The highest BCUT2D eigenvalue weighted by Gasteiger charge is 2.26. The van der Waals surface area contributed by atoms with Crippen LogP contribution in [-0.2, 0) is 6.54 Å². The summed E-state index contributed by atoms with van der Waals surface area (Å²) >= 11 is 1.74. The summed E-state index contributed by atoms with van der Waals surface area (Å²) in [6.07, 6.45) is 0. The lowest BCUT2D eigenvalue weighted by molar-refractivity contribution is -0.384. The average Bonchev–Trinajstić information content (AvgIpc) is 3.38. The van der Waals surface area contributed by atoms with Gasteiger partial charge in [-0.05, 0) is 24.4 Å². The molecular weight excluding hydrogens is 392 g/mol. The minimum Gasteiger partial charge on any atom is -0.335 e. The highest BCUT2D eigenvalue weighted by molar-refractivity contribution is 7.09. The molecule has 0 radical (unpaired) electrons. The van der Waals surface area contributed by atoms with Crippen molar-refractivity contribution in [3.63, 3.8) is 0 Å². The number of carbonyl (C=O) groups is 1. The second-order valence-corrected chi connectivity index (χ2v) is 7.89. The third-order valence-corrected chi connectivity index (χ3v) is 5.86. The average molecular weight is 412 g/mol. The van der Waals surface area contributed by atoms with Crippen LogP contribution in [0.15, 0.2) is 41.8 Å². The van der Waals surface area contributed by atoms with E-state index in [1.54, 1.807) is 35.3 Å². The standard InChI is InChI=1S/C19H20N6O3S/c1-14-18(20-21-24(14)15-4-2-5-16(12-15)25(27)28)19(26)23-9-7-22(8-10-23)13-17-6-3-11-29-17/h2-6,11-12H,7-10,13H2,1H3. The van der Waals surface area contributed by atoms with Crippen molar-refractivity contribution >= 4 is 22.9 Å². The van der Waals surface area contributed by atoms with E-state index in [4.69, 9.17) is 0 Å². The Labute approximate surface area is 171 Å². The number of non-ortho nitro benzene ring substituents is 1. The Kier molecular flexibility index (Phi) is 5.36. The largest absolute Gasteiger partial charge is 0.335 e. The zero-order valence-electron chi connectivity index (χ0n) is 15.9. The van der Waals surface area contributed by atoms with Crippen molar-refractivity contribution in [2.75, 3.05) is 26.2 Å². The van der Waals surface area contributed by atoms with E-state index in [0.29, 0.717) is 24.5 Å². The molecule has 1 aliphatic heterocycles. The van der Waals surface area contributed by atoms with Crippen LogP contribution in [0.4, 0.5) is 5.69 Å². The number of piperazine rings is 1. The first-order chi connectivity index (χ1) is 14.0. The van der Waals surface area contributed by atoms with Crippen LogP contribution in [0.3, 0.4) is 0 Å². The summed E-state index contributed by atoms with van der Waals surface area (Å²) in [4.78, 5) is 28.9. The molecule has 0 unspecified atom stereocenters. The maximum atomic E-state index is 12.9. The van der Waals surface area contributed by atoms with Crippen molar-refractivity contribution in [1.29, 1.82) is 0 Å². The van der Waals surface area contributed by atoms with Gasteiger partial charge < -0.3 is 4.90 Å². The molecule has 4 rings (SSSR count). The van der Waals surface area contributed by atoms with Crippen LogP contribution in [-0.4, -0.2) is 61.8 Å². The topological polar surface area (TPSA) is 97.4 Å². The predicted molar refractivity (Wildman–Crippen MR) is 108 cm³/mol. The van der Waals surface area contributed by atoms with Gasteiger partial charge in [0.2, 0.25) is 0 Å². The first-order valence-electron chi connectivity index (χ1n) is 9.24. The fourth-order valence-corrected chi connectivity index (χ4v) is 4.14. The van der Waals surface area contributed by atoms with Crippen LogP contribution in [0.5, 0.6) is 0 Å². The van der Waals surface area contributed by atoms with Crippen LogP contribution < -0.4 is 0 Å². The van der Waals surface area contributed by atoms with E-state index in [9.17, 15) is 14.9 Å². The lowest BCUT2D eigenvalue weighted by Gasteiger charge is -2.34. The molecular formula is C19H20N6O3S. The normalized spacial score (nSPS) is 14.9. The zero-order valence-corrected chi connectivity index (χ0v) is 16.7. The molecule has 1 amide bonds. The maximum Gasteiger partial charge on any atom is 0.276 e. The third-order valence-electron chi connectivity index (χ3n) is 5.00. The molecule has 3 aromatic rings. The zero-order chi connectivity index (χ0) is 20.4. The van der Waals surface area contributed by atoms with Gasteiger partial charge in [0.15, 0.2) is 5.69 Å². The number of nitro groups is 1. The van der Waals surface area contributed by atoms with Crippen LogP contribution in [0, 0.1) is 17.0 Å². The second kappa shape index (κ2) is 8.10. The number of aromatic nitrogens is 3. The molecule has 0 spiro atoms. The number of hydrogen-bond acceptors (Lipinski definition) is 7. The fraction of sp³-hybridized carbons (Fsp3) is 0.316. The Bertz CT molecular complexity index is 1020. The van der Waals surface area contributed by atoms with Crippen LogP contribution >= 0.6 is 11.3 Å². The minimum absolute atomic E-state index is 0.0351. The van der Waals surface area contributed by atoms with Gasteiger partial charge in [0.05, 0.1) is 16.3 Å². The number of amides is 1. The number of nitrogens with zero attached hydrogens (tertiary/aromatic N) is 6. The maximum absolute atomic E-state index is 12.9. The minimum atomic E-state index is -0.461. The number of hydrogen-bond donors (Lipinski definition) is 0. The molecule has 1 fully saturated rings. The lowest BCUT2D eigenvalue weighted by Crippen LogP contribution is -2.48. The molecule has 29 heavy (non-hydrogen) atoms. The van der Waals surface area contributed by atoms with Gasteiger partial charge in [0.1, 0.15) is 0 Å². The number of rotatable bonds is 5. The van der Waals surface area contributed by atoms with Gasteiger partial charge in [-0.15, -0.1) is 16.4 Å². The van der Waals surface area contributed by atoms with Gasteiger partial charge in [-0.1, -0.05) is 17.3 Å². The Hall–Kier alpha value is -3.11. The van der Waals surface area contributed by atoms with Crippen LogP contribution in [0.1, 0.15) is 21.1 Å². The summed E-state index contributed by atoms with van der Waals surface area (Å²) in [5.74, 6) is -0.157. The molecule has 1 aliphatic rings. The summed E-state index contributed by atoms with van der Waals surface area (Å²) in [7, 11) is 0. The van der Waals surface area contributed by atoms with E-state index in [2.05, 4.69) is 26.7 Å². The van der Waals surface area contributed by atoms with Crippen molar-refractivity contribution in [1.82, 2.24) is 24.8 Å². The Balaban J connectivity index is 1.45.